The minimum Gasteiger partial charge on any atom is -0.469 e. The van der Waals surface area contributed by atoms with Crippen LogP contribution in [-0.4, -0.2) is 138 Å². The lowest BCUT2D eigenvalue weighted by Crippen LogP contribution is -2.54. The van der Waals surface area contributed by atoms with Gasteiger partial charge >= 0.3 is 24.0 Å². The van der Waals surface area contributed by atoms with Gasteiger partial charge in [-0.1, -0.05) is 21.4 Å². The number of amides is 1. The number of methoxy groups -OCH3 is 3. The normalized spacial score (nSPS) is 42.5. The number of aliphatic hydroxyl groups excluding tert-OH is 5. The van der Waals surface area contributed by atoms with Crippen LogP contribution in [0.4, 0.5) is 4.79 Å². The Labute approximate surface area is 541 Å². The van der Waals surface area contributed by atoms with Crippen LogP contribution in [0.5, 0.6) is 0 Å². The molecule has 92 heavy (non-hydrogen) atoms. The first-order valence-corrected chi connectivity index (χ1v) is 34.9. The van der Waals surface area contributed by atoms with E-state index in [4.69, 9.17) is 27.1 Å². The molecule has 0 radical (unpaired) electrons. The van der Waals surface area contributed by atoms with Crippen LogP contribution in [0.15, 0.2) is 27.5 Å². The topological polar surface area (TPSA) is 391 Å². The van der Waals surface area contributed by atoms with Gasteiger partial charge in [-0.3, -0.25) is 4.79 Å². The van der Waals surface area contributed by atoms with Crippen molar-refractivity contribution >= 4 is 24.0 Å². The lowest BCUT2D eigenvalue weighted by atomic mass is 9.70. The summed E-state index contributed by atoms with van der Waals surface area (Å²) in [6.45, 7) is 5.63. The molecule has 20 aliphatic rings. The van der Waals surface area contributed by atoms with E-state index in [9.17, 15) is 44.7 Å². The van der Waals surface area contributed by atoms with Gasteiger partial charge in [0, 0.05) is 61.6 Å². The summed E-state index contributed by atoms with van der Waals surface area (Å²) >= 11 is 0. The molecule has 20 aliphatic carbocycles. The molecular weight excluding hydrogens is 1180 g/mol. The molecule has 0 aliphatic heterocycles. The van der Waals surface area contributed by atoms with Crippen LogP contribution in [0.3, 0.4) is 0 Å². The van der Waals surface area contributed by atoms with Gasteiger partial charge in [-0.15, -0.1) is 0 Å². The fourth-order valence-electron chi connectivity index (χ4n) is 25.0. The van der Waals surface area contributed by atoms with Crippen molar-refractivity contribution in [2.45, 2.75) is 236 Å². The standard InChI is InChI=1S/C17H28N4O3.C13H19N3O3.C13H20O4.C13H18O2.C12H20N4O/c1-16(2,3)24-15(23)20-13(9-19-21-18)14(22)17-7-10-4-11(8-17)6-12(17)5-10;1-19-12(18)10(15-16-14)11(17)13-5-7-2-8(6-13)4-9(13)3-7;1-17-12(16)10(14)11(15)13-5-7-2-8(6-13)4-9(13)3-7;1-15-12(14)2-3-13-7-9-4-10(8-13)6-11(13)5-9;13-10(6-15-16-14)11(17)12-4-7-1-8(5-12)3-9(12)2-7/h10-14,22H,4-9H2,1-3H3,(H,20,23);7-11,17H,2-6H2,1H3;7-11,14-15H,2-6H2,1H3;2-3,9-11H,4-8H2,1H3;7-11,17H,1-6,13H2/b;;;3-2+;/t10?,11?,12?,13-,14-,17?;7?,8?,9?,10-,11+,13?;7?,8?,9?,10-,11-,13?;;7?,8?,9?,10-,11-,12?/m101.1/s1. The molecule has 20 fully saturated rings. The summed E-state index contributed by atoms with van der Waals surface area (Å²) in [6, 6.07) is -2.11. The lowest BCUT2D eigenvalue weighted by Gasteiger charge is -2.41. The Balaban J connectivity index is 0.000000119. The maximum atomic E-state index is 12.1. The molecule has 0 saturated heterocycles. The van der Waals surface area contributed by atoms with Crippen LogP contribution >= 0.6 is 0 Å². The summed E-state index contributed by atoms with van der Waals surface area (Å²) in [4.78, 5) is 54.6. The number of azide groups is 3. The number of ether oxygens (including phenoxy) is 4. The maximum absolute atomic E-state index is 12.1. The maximum Gasteiger partial charge on any atom is 0.407 e. The van der Waals surface area contributed by atoms with E-state index in [1.54, 1.807) is 26.8 Å². The van der Waals surface area contributed by atoms with Crippen molar-refractivity contribution in [3.8, 4) is 0 Å². The zero-order valence-electron chi connectivity index (χ0n) is 55.1. The fourth-order valence-corrected chi connectivity index (χ4v) is 25.0. The summed E-state index contributed by atoms with van der Waals surface area (Å²) in [7, 11) is 3.95. The predicted molar refractivity (Wildman–Crippen MR) is 337 cm³/mol. The van der Waals surface area contributed by atoms with Crippen molar-refractivity contribution in [2.75, 3.05) is 34.4 Å². The number of hydrogen-bond acceptors (Lipinski definition) is 17. The highest BCUT2D eigenvalue weighted by Gasteiger charge is 2.66. The van der Waals surface area contributed by atoms with Gasteiger partial charge in [-0.2, -0.15) is 0 Å². The minimum atomic E-state index is -1.38. The molecule has 0 spiro atoms. The van der Waals surface area contributed by atoms with Crippen molar-refractivity contribution in [2.24, 2.45) is 137 Å². The molecule has 24 heteroatoms. The van der Waals surface area contributed by atoms with Crippen LogP contribution in [-0.2, 0) is 33.3 Å². The summed E-state index contributed by atoms with van der Waals surface area (Å²) in [5.74, 6) is 9.19. The highest BCUT2D eigenvalue weighted by molar-refractivity contribution is 5.82. The molecule has 24 nitrogen and oxygen atoms in total. The number of esters is 3. The first kappa shape index (κ1) is 68.5. The Bertz CT molecular complexity index is 2840. The van der Waals surface area contributed by atoms with Crippen LogP contribution in [0.2, 0.25) is 0 Å². The van der Waals surface area contributed by atoms with E-state index in [-0.39, 0.29) is 40.7 Å². The molecule has 10 unspecified atom stereocenters. The van der Waals surface area contributed by atoms with E-state index >= 15 is 0 Å². The Morgan fingerprint density at radius 1 is 0.511 bits per heavy atom. The first-order chi connectivity index (χ1) is 43.8. The van der Waals surface area contributed by atoms with Crippen molar-refractivity contribution < 1.29 is 63.7 Å². The second-order valence-electron chi connectivity index (χ2n) is 33.4. The fraction of sp³-hybridized carbons (Fsp3) is 0.912. The van der Waals surface area contributed by atoms with Gasteiger partial charge in [-0.25, -0.2) is 14.4 Å². The van der Waals surface area contributed by atoms with Crippen molar-refractivity contribution in [3.05, 3.63) is 43.5 Å². The molecule has 8 N–H and O–H groups in total. The number of carbonyl (C=O) groups is 4. The van der Waals surface area contributed by atoms with E-state index in [0.29, 0.717) is 64.6 Å². The number of nitrogens with two attached hydrogens (primary N) is 1. The third kappa shape index (κ3) is 13.0. The van der Waals surface area contributed by atoms with Gasteiger partial charge in [0.05, 0.1) is 51.8 Å². The minimum absolute atomic E-state index is 0.0424. The quantitative estimate of drug-likeness (QED) is 0.0168. The third-order valence-corrected chi connectivity index (χ3v) is 27.2. The monoisotopic (exact) mass is 1280 g/mol. The van der Waals surface area contributed by atoms with E-state index < -0.39 is 72.3 Å². The number of nitrogens with zero attached hydrogens (tertiary/aromatic N) is 9. The van der Waals surface area contributed by atoms with Gasteiger partial charge in [0.1, 0.15) is 5.60 Å². The zero-order valence-corrected chi connectivity index (χ0v) is 55.1. The Hall–Kier alpha value is -4.89. The first-order valence-electron chi connectivity index (χ1n) is 34.9. The van der Waals surface area contributed by atoms with Crippen LogP contribution in [0.1, 0.15) is 181 Å². The van der Waals surface area contributed by atoms with Gasteiger partial charge in [0.25, 0.3) is 0 Å². The number of allylic oxidation sites excluding steroid dienone is 1. The lowest BCUT2D eigenvalue weighted by molar-refractivity contribution is -0.165. The Morgan fingerprint density at radius 3 is 1.26 bits per heavy atom. The Morgan fingerprint density at radius 2 is 0.880 bits per heavy atom. The van der Waals surface area contributed by atoms with Crippen molar-refractivity contribution in [1.82, 2.24) is 5.32 Å². The number of carbonyl (C=O) groups excluding carboxylic acids is 4. The highest BCUT2D eigenvalue weighted by Crippen LogP contribution is 2.71. The number of alkyl carbamates (subject to hydrolysis) is 1. The number of hydrogen-bond donors (Lipinski definition) is 7. The van der Waals surface area contributed by atoms with Crippen LogP contribution in [0, 0.1) is 116 Å². The van der Waals surface area contributed by atoms with Crippen molar-refractivity contribution in [3.63, 3.8) is 0 Å². The number of rotatable bonds is 18. The van der Waals surface area contributed by atoms with Gasteiger partial charge in [-0.05, 0) is 292 Å². The molecule has 18 atom stereocenters. The largest absolute Gasteiger partial charge is 0.469 e. The summed E-state index contributed by atoms with van der Waals surface area (Å²) in [5.41, 5.74) is 30.8. The second-order valence-corrected chi connectivity index (χ2v) is 33.4. The average molecular weight is 1280 g/mol. The van der Waals surface area contributed by atoms with Gasteiger partial charge in [0.2, 0.25) is 0 Å². The molecule has 1 amide bonds. The molecule has 510 valence electrons. The summed E-state index contributed by atoms with van der Waals surface area (Å²) < 4.78 is 19.2. The van der Waals surface area contributed by atoms with E-state index in [1.807, 2.05) is 0 Å². The summed E-state index contributed by atoms with van der Waals surface area (Å²) in [5, 5.41) is 65.9. The van der Waals surface area contributed by atoms with E-state index in [0.717, 1.165) is 93.8 Å². The van der Waals surface area contributed by atoms with Gasteiger partial charge < -0.3 is 55.5 Å². The zero-order chi connectivity index (χ0) is 65.9. The Kier molecular flexibility index (Phi) is 20.1. The molecular formula is C68H105N11O13. The van der Waals surface area contributed by atoms with Crippen LogP contribution < -0.4 is 11.1 Å². The molecule has 0 aromatic rings. The third-order valence-electron chi connectivity index (χ3n) is 27.2. The van der Waals surface area contributed by atoms with Crippen molar-refractivity contribution in [1.29, 1.82) is 0 Å². The molecule has 0 aromatic carbocycles. The van der Waals surface area contributed by atoms with Crippen LogP contribution in [0.25, 0.3) is 31.3 Å². The molecule has 20 rings (SSSR count). The molecule has 0 aromatic heterocycles. The van der Waals surface area contributed by atoms with Gasteiger partial charge in [0.15, 0.2) is 12.1 Å². The molecule has 0 heterocycles. The smallest absolute Gasteiger partial charge is 0.407 e. The van der Waals surface area contributed by atoms with E-state index in [2.05, 4.69) is 55.7 Å². The SMILES string of the molecule is CC(C)(C)OC(=O)N[C@H](CN=[N+]=[N-])[C@@H](O)C12CC3CC(CC1C3)C2.COC(=O)/C=C/C12CC3CC(CC1C3)C2.COC(=O)[C@@H](N=[N+]=[N-])[C@@H](O)C12CC3CC(CC1C3)C2.COC(=O)[C@H](O)[C@@H](O)C12CC3CC(CC1C3)C2.[N-]=[N+]=NC[C@@H](N)[C@@H](O)C12CC3CC(CC1C3)C2. The molecule has 20 bridgehead atoms. The number of aliphatic hydroxyl groups is 5. The molecule has 20 saturated carbocycles. The predicted octanol–water partition coefficient (Wildman–Crippen LogP) is 10.5. The summed E-state index contributed by atoms with van der Waals surface area (Å²) in [6.07, 6.45) is 28.7. The number of nitrogens with one attached hydrogen (secondary N) is 1. The second kappa shape index (κ2) is 27.0. The van der Waals surface area contributed by atoms with E-state index in [1.165, 1.54) is 118 Å². The highest BCUT2D eigenvalue weighted by atomic mass is 16.6. The average Bonchev–Trinajstić information content (AvgIpc) is 1.61.